The van der Waals surface area contributed by atoms with Gasteiger partial charge >= 0.3 is 0 Å². The highest BCUT2D eigenvalue weighted by atomic mass is 35.5. The largest absolute Gasteiger partial charge is 0.381 e. The Hall–Kier alpha value is -2.07. The van der Waals surface area contributed by atoms with Crippen molar-refractivity contribution in [2.75, 3.05) is 6.26 Å². The third-order valence-electron chi connectivity index (χ3n) is 6.59. The molecule has 184 valence electrons. The van der Waals surface area contributed by atoms with Crippen molar-refractivity contribution in [2.24, 2.45) is 0 Å². The molecule has 1 amide bonds. The molecule has 3 fully saturated rings. The number of rotatable bonds is 6. The molecule has 5 rings (SSSR count). The Morgan fingerprint density at radius 2 is 1.91 bits per heavy atom. The number of alkyl halides is 1. The van der Waals surface area contributed by atoms with E-state index in [4.69, 9.17) is 11.6 Å². The normalized spacial score (nSPS) is 26.8. The number of piperidine rings is 2. The first-order valence-corrected chi connectivity index (χ1v) is 13.2. The Balaban J connectivity index is 1.77. The van der Waals surface area contributed by atoms with E-state index in [1.165, 1.54) is 24.8 Å². The lowest BCUT2D eigenvalue weighted by atomic mass is 9.64. The maximum absolute atomic E-state index is 15.7. The number of amides is 1. The van der Waals surface area contributed by atoms with Gasteiger partial charge in [-0.2, -0.15) is 0 Å². The summed E-state index contributed by atoms with van der Waals surface area (Å²) in [5.41, 5.74) is -2.60. The second kappa shape index (κ2) is 8.55. The molecule has 2 atom stereocenters. The Morgan fingerprint density at radius 1 is 1.26 bits per heavy atom. The number of hydrogen-bond acceptors (Lipinski definition) is 4. The van der Waals surface area contributed by atoms with Crippen LogP contribution in [0.3, 0.4) is 0 Å². The SMILES string of the molecule is CC(C)(O)C(=O)N1C2CC(F)(C2)C(NS(C)(=O)=O)C1Cc1cccc(-c2cccc(Cl)c2)c1F. The third kappa shape index (κ3) is 4.71. The van der Waals surface area contributed by atoms with Gasteiger partial charge in [0.05, 0.1) is 18.3 Å². The topological polar surface area (TPSA) is 86.7 Å². The number of halogens is 3. The third-order valence-corrected chi connectivity index (χ3v) is 7.50. The average molecular weight is 513 g/mol. The van der Waals surface area contributed by atoms with Gasteiger partial charge < -0.3 is 10.0 Å². The lowest BCUT2D eigenvalue weighted by molar-refractivity contribution is -0.181. The molecule has 2 N–H and O–H groups in total. The Morgan fingerprint density at radius 3 is 2.50 bits per heavy atom. The number of carbonyl (C=O) groups is 1. The molecule has 34 heavy (non-hydrogen) atoms. The first-order chi connectivity index (χ1) is 15.7. The van der Waals surface area contributed by atoms with E-state index in [1.54, 1.807) is 36.4 Å². The van der Waals surface area contributed by atoms with E-state index in [9.17, 15) is 18.3 Å². The molecule has 1 saturated carbocycles. The van der Waals surface area contributed by atoms with Crippen LogP contribution in [-0.4, -0.2) is 60.0 Å². The van der Waals surface area contributed by atoms with E-state index in [1.807, 2.05) is 0 Å². The van der Waals surface area contributed by atoms with Crippen molar-refractivity contribution in [2.45, 2.75) is 62.5 Å². The molecule has 2 bridgehead atoms. The lowest BCUT2D eigenvalue weighted by Crippen LogP contribution is -2.78. The summed E-state index contributed by atoms with van der Waals surface area (Å²) in [7, 11) is -3.84. The van der Waals surface area contributed by atoms with Gasteiger partial charge in [0.2, 0.25) is 10.0 Å². The zero-order valence-electron chi connectivity index (χ0n) is 19.1. The first-order valence-electron chi connectivity index (χ1n) is 10.9. The van der Waals surface area contributed by atoms with E-state index < -0.39 is 51.1 Å². The van der Waals surface area contributed by atoms with Gasteiger partial charge in [-0.05, 0) is 43.5 Å². The first kappa shape index (κ1) is 25.0. The highest BCUT2D eigenvalue weighted by Crippen LogP contribution is 2.50. The van der Waals surface area contributed by atoms with Crippen LogP contribution in [0.25, 0.3) is 11.1 Å². The summed E-state index contributed by atoms with van der Waals surface area (Å²) in [5.74, 6) is -1.22. The fourth-order valence-corrected chi connectivity index (χ4v) is 6.08. The van der Waals surface area contributed by atoms with Crippen molar-refractivity contribution >= 4 is 27.5 Å². The minimum Gasteiger partial charge on any atom is -0.381 e. The maximum atomic E-state index is 15.7. The molecule has 1 aliphatic carbocycles. The summed E-state index contributed by atoms with van der Waals surface area (Å²) < 4.78 is 57.9. The Kier molecular flexibility index (Phi) is 6.29. The summed E-state index contributed by atoms with van der Waals surface area (Å²) in [4.78, 5) is 14.5. The zero-order valence-corrected chi connectivity index (χ0v) is 20.6. The standard InChI is InChI=1S/C24H27ClF2N2O4S/c1-23(2,31)22(30)29-17-12-24(27,13-17)21(28-34(3,32)33)19(29)11-15-7-5-9-18(20(15)26)14-6-4-8-16(25)10-14/h4-10,17,19,21,28,31H,11-13H2,1-3H3. The van der Waals surface area contributed by atoms with Crippen molar-refractivity contribution in [3.63, 3.8) is 0 Å². The number of fused-ring (bicyclic) bond motifs is 2. The molecule has 2 aromatic carbocycles. The Labute approximate surface area is 203 Å². The van der Waals surface area contributed by atoms with Crippen LogP contribution in [0.1, 0.15) is 32.3 Å². The number of sulfonamides is 1. The smallest absolute Gasteiger partial charge is 0.254 e. The molecule has 2 aromatic rings. The van der Waals surface area contributed by atoms with Crippen LogP contribution < -0.4 is 4.72 Å². The lowest BCUT2D eigenvalue weighted by Gasteiger charge is -2.61. The van der Waals surface area contributed by atoms with E-state index in [0.717, 1.165) is 6.26 Å². The summed E-state index contributed by atoms with van der Waals surface area (Å²) in [5, 5.41) is 10.8. The maximum Gasteiger partial charge on any atom is 0.254 e. The number of carbonyl (C=O) groups excluding carboxylic acids is 1. The summed E-state index contributed by atoms with van der Waals surface area (Å²) in [6.45, 7) is 2.64. The summed E-state index contributed by atoms with van der Waals surface area (Å²) in [6.07, 6.45) is 0.672. The number of aliphatic hydroxyl groups is 1. The van der Waals surface area contributed by atoms with Gasteiger partial charge in [0.1, 0.15) is 17.1 Å². The number of nitrogens with zero attached hydrogens (tertiary/aromatic N) is 1. The van der Waals surface area contributed by atoms with Crippen LogP contribution in [0.5, 0.6) is 0 Å². The molecule has 2 saturated heterocycles. The predicted molar refractivity (Wildman–Crippen MR) is 126 cm³/mol. The molecule has 0 aromatic heterocycles. The van der Waals surface area contributed by atoms with E-state index in [0.29, 0.717) is 10.6 Å². The van der Waals surface area contributed by atoms with Crippen LogP contribution >= 0.6 is 11.6 Å². The van der Waals surface area contributed by atoms with Crippen molar-refractivity contribution in [3.8, 4) is 11.1 Å². The highest BCUT2D eigenvalue weighted by Gasteiger charge is 2.64. The molecule has 6 nitrogen and oxygen atoms in total. The molecular formula is C24H27ClF2N2O4S. The van der Waals surface area contributed by atoms with Crippen LogP contribution in [-0.2, 0) is 21.2 Å². The number of hydrogen-bond donors (Lipinski definition) is 2. The van der Waals surface area contributed by atoms with Gasteiger partial charge in [0.15, 0.2) is 0 Å². The van der Waals surface area contributed by atoms with Gasteiger partial charge in [0.25, 0.3) is 5.91 Å². The quantitative estimate of drug-likeness (QED) is 0.620. The predicted octanol–water partition coefficient (Wildman–Crippen LogP) is 3.46. The minimum absolute atomic E-state index is 0.0520. The molecule has 3 aliphatic rings. The van der Waals surface area contributed by atoms with Crippen LogP contribution in [0.2, 0.25) is 5.02 Å². The van der Waals surface area contributed by atoms with E-state index >= 15 is 8.78 Å². The van der Waals surface area contributed by atoms with Crippen LogP contribution in [0.15, 0.2) is 42.5 Å². The van der Waals surface area contributed by atoms with Crippen molar-refractivity contribution in [1.29, 1.82) is 0 Å². The van der Waals surface area contributed by atoms with Crippen molar-refractivity contribution < 1.29 is 27.1 Å². The highest BCUT2D eigenvalue weighted by molar-refractivity contribution is 7.88. The Bertz CT molecular complexity index is 1230. The monoisotopic (exact) mass is 512 g/mol. The van der Waals surface area contributed by atoms with Gasteiger partial charge in [-0.1, -0.05) is 41.9 Å². The zero-order chi connectivity index (χ0) is 25.1. The molecule has 2 unspecified atom stereocenters. The van der Waals surface area contributed by atoms with Gasteiger partial charge in [-0.15, -0.1) is 0 Å². The van der Waals surface area contributed by atoms with Crippen LogP contribution in [0, 0.1) is 5.82 Å². The fourth-order valence-electron chi connectivity index (χ4n) is 5.06. The average Bonchev–Trinajstić information content (AvgIpc) is 2.69. The summed E-state index contributed by atoms with van der Waals surface area (Å²) >= 11 is 6.06. The van der Waals surface area contributed by atoms with E-state index in [-0.39, 0.29) is 30.4 Å². The molecule has 2 heterocycles. The molecule has 10 heteroatoms. The van der Waals surface area contributed by atoms with Gasteiger partial charge in [0, 0.05) is 29.5 Å². The van der Waals surface area contributed by atoms with Gasteiger partial charge in [-0.25, -0.2) is 21.9 Å². The van der Waals surface area contributed by atoms with Gasteiger partial charge in [-0.3, -0.25) is 4.79 Å². The minimum atomic E-state index is -3.84. The second-order valence-electron chi connectivity index (χ2n) is 9.80. The molecule has 0 radical (unpaired) electrons. The number of benzene rings is 2. The van der Waals surface area contributed by atoms with E-state index in [2.05, 4.69) is 4.72 Å². The molecule has 2 aliphatic heterocycles. The molecule has 0 spiro atoms. The van der Waals surface area contributed by atoms with Crippen LogP contribution in [0.4, 0.5) is 8.78 Å². The summed E-state index contributed by atoms with van der Waals surface area (Å²) in [6, 6.07) is 8.63. The van der Waals surface area contributed by atoms with Crippen molar-refractivity contribution in [1.82, 2.24) is 9.62 Å². The molecular weight excluding hydrogens is 486 g/mol. The second-order valence-corrected chi connectivity index (χ2v) is 12.0. The fraction of sp³-hybridized carbons (Fsp3) is 0.458. The number of nitrogens with one attached hydrogen (secondary N) is 1. The van der Waals surface area contributed by atoms with Crippen molar-refractivity contribution in [3.05, 3.63) is 58.9 Å².